The van der Waals surface area contributed by atoms with Gasteiger partial charge < -0.3 is 33.8 Å². The molecule has 0 bridgehead atoms. The predicted octanol–water partition coefficient (Wildman–Crippen LogP) is 20.9. The maximum atomic E-state index is 13.0. The van der Waals surface area contributed by atoms with Crippen molar-refractivity contribution in [3.63, 3.8) is 0 Å². The molecule has 91 heavy (non-hydrogen) atoms. The smallest absolute Gasteiger partial charge is 0.462 e. The van der Waals surface area contributed by atoms with Gasteiger partial charge in [-0.05, 0) is 31.6 Å². The molecule has 0 heterocycles. The van der Waals surface area contributed by atoms with E-state index in [1.165, 1.54) is 193 Å². The maximum Gasteiger partial charge on any atom is 0.472 e. The van der Waals surface area contributed by atoms with Crippen molar-refractivity contribution in [2.75, 3.05) is 39.6 Å². The summed E-state index contributed by atoms with van der Waals surface area (Å²) in [5.41, 5.74) is 0. The zero-order valence-corrected chi connectivity index (χ0v) is 60.8. The average molecular weight is 1340 g/mol. The number of hydrogen-bond donors (Lipinski definition) is 3. The van der Waals surface area contributed by atoms with Crippen LogP contribution in [0.4, 0.5) is 0 Å². The molecule has 0 saturated carbocycles. The fourth-order valence-electron chi connectivity index (χ4n) is 11.0. The largest absolute Gasteiger partial charge is 0.472 e. The summed E-state index contributed by atoms with van der Waals surface area (Å²) in [6, 6.07) is 0. The SMILES string of the molecule is CCCCCCCCCCCCCCCCCCCCCC(=O)O[C@H](COC(=O)CCCCCCCCCCCCCCC(C)C)COP(=O)(O)OC[C@@H](O)COP(=O)(O)OC[C@@H](COC(=O)CCCCCCCCCC)OC(=O)CCCCCCCCCCC. The molecule has 540 valence electrons. The van der Waals surface area contributed by atoms with E-state index in [1.54, 1.807) is 0 Å². The summed E-state index contributed by atoms with van der Waals surface area (Å²) >= 11 is 0. The van der Waals surface area contributed by atoms with Crippen LogP contribution in [0.15, 0.2) is 0 Å². The lowest BCUT2D eigenvalue weighted by molar-refractivity contribution is -0.161. The van der Waals surface area contributed by atoms with Crippen LogP contribution < -0.4 is 0 Å². The van der Waals surface area contributed by atoms with E-state index in [-0.39, 0.29) is 25.7 Å². The second-order valence-corrected chi connectivity index (χ2v) is 29.4. The quantitative estimate of drug-likeness (QED) is 0.0222. The number of phosphoric ester groups is 2. The molecule has 0 spiro atoms. The Labute approximate surface area is 556 Å². The number of carbonyl (C=O) groups is 4. The normalized spacial score (nSPS) is 14.0. The highest BCUT2D eigenvalue weighted by molar-refractivity contribution is 7.47. The second-order valence-electron chi connectivity index (χ2n) is 26.5. The zero-order chi connectivity index (χ0) is 67.0. The van der Waals surface area contributed by atoms with Crippen LogP contribution in [-0.4, -0.2) is 96.7 Å². The topological polar surface area (TPSA) is 237 Å². The van der Waals surface area contributed by atoms with Crippen LogP contribution in [0.5, 0.6) is 0 Å². The Balaban J connectivity index is 5.18. The van der Waals surface area contributed by atoms with E-state index in [0.29, 0.717) is 25.7 Å². The van der Waals surface area contributed by atoms with Crippen molar-refractivity contribution in [3.05, 3.63) is 0 Å². The molecule has 0 aromatic heterocycles. The van der Waals surface area contributed by atoms with Gasteiger partial charge in [0.1, 0.15) is 19.3 Å². The van der Waals surface area contributed by atoms with Crippen molar-refractivity contribution in [3.8, 4) is 0 Å². The van der Waals surface area contributed by atoms with Gasteiger partial charge >= 0.3 is 39.5 Å². The summed E-state index contributed by atoms with van der Waals surface area (Å²) in [4.78, 5) is 72.5. The molecule has 2 unspecified atom stereocenters. The number of aliphatic hydroxyl groups excluding tert-OH is 1. The first-order valence-corrected chi connectivity index (χ1v) is 40.6. The summed E-state index contributed by atoms with van der Waals surface area (Å²) in [6.45, 7) is 7.23. The van der Waals surface area contributed by atoms with Crippen molar-refractivity contribution in [1.29, 1.82) is 0 Å². The summed E-state index contributed by atoms with van der Waals surface area (Å²) in [6.07, 6.45) is 52.8. The molecular weight excluding hydrogens is 1200 g/mol. The Kier molecular flexibility index (Phi) is 64.0. The molecule has 0 fully saturated rings. The summed E-state index contributed by atoms with van der Waals surface area (Å²) in [7, 11) is -9.89. The number of esters is 4. The van der Waals surface area contributed by atoms with E-state index < -0.39 is 97.5 Å². The fraction of sp³-hybridized carbons (Fsp3) is 0.944. The molecule has 0 aromatic rings. The van der Waals surface area contributed by atoms with Crippen LogP contribution in [0.2, 0.25) is 0 Å². The minimum Gasteiger partial charge on any atom is -0.462 e. The molecule has 17 nitrogen and oxygen atoms in total. The maximum absolute atomic E-state index is 13.0. The molecule has 0 aromatic carbocycles. The molecule has 0 amide bonds. The molecule has 0 radical (unpaired) electrons. The zero-order valence-electron chi connectivity index (χ0n) is 59.0. The van der Waals surface area contributed by atoms with Gasteiger partial charge in [-0.1, -0.05) is 324 Å². The third-order valence-electron chi connectivity index (χ3n) is 16.8. The Morgan fingerprint density at radius 3 is 0.747 bits per heavy atom. The third kappa shape index (κ3) is 66.5. The van der Waals surface area contributed by atoms with E-state index in [9.17, 15) is 43.2 Å². The third-order valence-corrected chi connectivity index (χ3v) is 18.7. The number of hydrogen-bond acceptors (Lipinski definition) is 15. The van der Waals surface area contributed by atoms with Gasteiger partial charge in [0.05, 0.1) is 26.4 Å². The fourth-order valence-corrected chi connectivity index (χ4v) is 12.6. The van der Waals surface area contributed by atoms with E-state index >= 15 is 0 Å². The predicted molar refractivity (Wildman–Crippen MR) is 368 cm³/mol. The summed E-state index contributed by atoms with van der Waals surface area (Å²) in [5.74, 6) is -1.34. The van der Waals surface area contributed by atoms with Gasteiger partial charge in [0.2, 0.25) is 0 Å². The van der Waals surface area contributed by atoms with Crippen molar-refractivity contribution < 1.29 is 80.2 Å². The van der Waals surface area contributed by atoms with E-state index in [1.807, 2.05) is 0 Å². The molecule has 0 aliphatic heterocycles. The van der Waals surface area contributed by atoms with Gasteiger partial charge in [-0.25, -0.2) is 9.13 Å². The van der Waals surface area contributed by atoms with Crippen molar-refractivity contribution in [2.24, 2.45) is 5.92 Å². The molecule has 0 aliphatic carbocycles. The van der Waals surface area contributed by atoms with Crippen LogP contribution in [0.3, 0.4) is 0 Å². The molecule has 5 atom stereocenters. The standard InChI is InChI=1S/C72H140O17P2/c1-6-9-12-15-18-21-22-23-24-25-26-27-28-29-34-38-43-48-53-58-72(77)89-68(62-83-70(75)56-51-46-41-37-33-31-30-32-36-39-44-49-54-65(4)5)64-87-91(80,81)85-60-66(73)59-84-90(78,79)86-63-67(61-82-69(74)55-50-45-40-20-17-14-11-8-3)88-71(76)57-52-47-42-35-19-16-13-10-7-2/h65-68,73H,6-64H2,1-5H3,(H,78,79)(H,80,81)/t66-,67+,68+/m0/s1. The molecular formula is C72H140O17P2. The van der Waals surface area contributed by atoms with Gasteiger partial charge in [-0.15, -0.1) is 0 Å². The van der Waals surface area contributed by atoms with Crippen molar-refractivity contribution >= 4 is 39.5 Å². The van der Waals surface area contributed by atoms with Gasteiger partial charge in [0.15, 0.2) is 12.2 Å². The first-order chi connectivity index (χ1) is 44.0. The number of phosphoric acid groups is 2. The Morgan fingerprint density at radius 2 is 0.505 bits per heavy atom. The first kappa shape index (κ1) is 89.1. The Hall–Kier alpha value is -1.94. The number of aliphatic hydroxyl groups is 1. The number of unbranched alkanes of at least 4 members (excludes halogenated alkanes) is 44. The van der Waals surface area contributed by atoms with Crippen LogP contribution in [0, 0.1) is 5.92 Å². The highest BCUT2D eigenvalue weighted by Gasteiger charge is 2.30. The summed E-state index contributed by atoms with van der Waals surface area (Å²) < 4.78 is 68.2. The van der Waals surface area contributed by atoms with E-state index in [2.05, 4.69) is 34.6 Å². The number of rotatable bonds is 72. The lowest BCUT2D eigenvalue weighted by atomic mass is 10.0. The van der Waals surface area contributed by atoms with Crippen LogP contribution in [0.1, 0.15) is 375 Å². The molecule has 19 heteroatoms. The second kappa shape index (κ2) is 65.4. The van der Waals surface area contributed by atoms with Crippen LogP contribution >= 0.6 is 15.6 Å². The summed E-state index contributed by atoms with van der Waals surface area (Å²) in [5, 5.41) is 10.6. The highest BCUT2D eigenvalue weighted by Crippen LogP contribution is 2.45. The minimum absolute atomic E-state index is 0.106. The first-order valence-electron chi connectivity index (χ1n) is 37.6. The van der Waals surface area contributed by atoms with Crippen molar-refractivity contribution in [1.82, 2.24) is 0 Å². The molecule has 0 saturated heterocycles. The molecule has 3 N–H and O–H groups in total. The Morgan fingerprint density at radius 1 is 0.297 bits per heavy atom. The van der Waals surface area contributed by atoms with Gasteiger partial charge in [-0.3, -0.25) is 37.3 Å². The minimum atomic E-state index is -4.95. The van der Waals surface area contributed by atoms with Gasteiger partial charge in [0, 0.05) is 25.7 Å². The van der Waals surface area contributed by atoms with Crippen LogP contribution in [0.25, 0.3) is 0 Å². The number of ether oxygens (including phenoxy) is 4. The lowest BCUT2D eigenvalue weighted by Crippen LogP contribution is -2.30. The molecule has 0 rings (SSSR count). The monoisotopic (exact) mass is 1340 g/mol. The highest BCUT2D eigenvalue weighted by atomic mass is 31.2. The molecule has 0 aliphatic rings. The number of carbonyl (C=O) groups excluding carboxylic acids is 4. The lowest BCUT2D eigenvalue weighted by Gasteiger charge is -2.21. The van der Waals surface area contributed by atoms with Crippen LogP contribution in [-0.2, 0) is 65.4 Å². The van der Waals surface area contributed by atoms with E-state index in [4.69, 9.17) is 37.0 Å². The van der Waals surface area contributed by atoms with Gasteiger partial charge in [0.25, 0.3) is 0 Å². The van der Waals surface area contributed by atoms with E-state index in [0.717, 1.165) is 102 Å². The van der Waals surface area contributed by atoms with Crippen molar-refractivity contribution in [2.45, 2.75) is 393 Å². The average Bonchev–Trinajstić information content (AvgIpc) is 3.49. The Bertz CT molecular complexity index is 1750. The van der Waals surface area contributed by atoms with Gasteiger partial charge in [-0.2, -0.15) is 0 Å².